The molecule has 1 unspecified atom stereocenters. The molecular formula is C17H26N2O. The molecule has 110 valence electrons. The van der Waals surface area contributed by atoms with Crippen LogP contribution < -0.4 is 11.1 Å². The summed E-state index contributed by atoms with van der Waals surface area (Å²) in [5.41, 5.74) is 7.24. The number of nitrogens with one attached hydrogen (secondary N) is 1. The molecule has 2 atom stereocenters. The summed E-state index contributed by atoms with van der Waals surface area (Å²) in [7, 11) is 0. The molecule has 2 rings (SSSR count). The van der Waals surface area contributed by atoms with E-state index in [1.54, 1.807) is 0 Å². The van der Waals surface area contributed by atoms with Gasteiger partial charge in [-0.3, -0.25) is 4.79 Å². The van der Waals surface area contributed by atoms with E-state index < -0.39 is 6.04 Å². The van der Waals surface area contributed by atoms with E-state index in [0.29, 0.717) is 12.5 Å². The fraction of sp³-hybridized carbons (Fsp3) is 0.588. The number of nitrogens with two attached hydrogens (primary N) is 1. The Labute approximate surface area is 121 Å². The second kappa shape index (κ2) is 7.44. The van der Waals surface area contributed by atoms with Gasteiger partial charge in [-0.25, -0.2) is 0 Å². The van der Waals surface area contributed by atoms with E-state index in [0.717, 1.165) is 25.2 Å². The van der Waals surface area contributed by atoms with Crippen LogP contribution in [0.1, 0.15) is 44.6 Å². The first-order valence-electron chi connectivity index (χ1n) is 7.79. The van der Waals surface area contributed by atoms with Crippen molar-refractivity contribution >= 4 is 5.91 Å². The minimum Gasteiger partial charge on any atom is -0.352 e. The average molecular weight is 274 g/mol. The molecule has 0 aliphatic heterocycles. The standard InChI is InChI=1S/C17H26N2O/c1-2-15(12-14-8-9-14)19-17(20)16(18)11-10-13-6-4-3-5-7-13/h3-7,14-16H,2,8-12,18H2,1H3,(H,19,20)/t15?,16-/m0/s1. The maximum Gasteiger partial charge on any atom is 0.237 e. The van der Waals surface area contributed by atoms with Gasteiger partial charge in [0.1, 0.15) is 0 Å². The van der Waals surface area contributed by atoms with Gasteiger partial charge in [0.25, 0.3) is 0 Å². The molecule has 0 bridgehead atoms. The Morgan fingerprint density at radius 1 is 1.35 bits per heavy atom. The fourth-order valence-electron chi connectivity index (χ4n) is 2.49. The molecule has 3 heteroatoms. The zero-order valence-electron chi connectivity index (χ0n) is 12.3. The molecule has 1 aliphatic carbocycles. The maximum absolute atomic E-state index is 12.1. The van der Waals surface area contributed by atoms with Gasteiger partial charge in [0.15, 0.2) is 0 Å². The second-order valence-electron chi connectivity index (χ2n) is 5.92. The van der Waals surface area contributed by atoms with E-state index >= 15 is 0 Å². The predicted molar refractivity (Wildman–Crippen MR) is 82.3 cm³/mol. The Balaban J connectivity index is 1.73. The van der Waals surface area contributed by atoms with Crippen LogP contribution in [-0.4, -0.2) is 18.0 Å². The van der Waals surface area contributed by atoms with Crippen LogP contribution in [0.15, 0.2) is 30.3 Å². The molecule has 3 nitrogen and oxygen atoms in total. The topological polar surface area (TPSA) is 55.1 Å². The third-order valence-electron chi connectivity index (χ3n) is 4.08. The van der Waals surface area contributed by atoms with Gasteiger partial charge in [-0.1, -0.05) is 50.1 Å². The molecule has 20 heavy (non-hydrogen) atoms. The highest BCUT2D eigenvalue weighted by Gasteiger charge is 2.26. The molecule has 0 radical (unpaired) electrons. The van der Waals surface area contributed by atoms with Crippen LogP contribution in [0.2, 0.25) is 0 Å². The number of benzene rings is 1. The summed E-state index contributed by atoms with van der Waals surface area (Å²) < 4.78 is 0. The van der Waals surface area contributed by atoms with E-state index in [9.17, 15) is 4.79 Å². The lowest BCUT2D eigenvalue weighted by Gasteiger charge is -2.19. The molecule has 0 heterocycles. The molecule has 1 aliphatic rings. The minimum atomic E-state index is -0.400. The molecule has 3 N–H and O–H groups in total. The van der Waals surface area contributed by atoms with E-state index in [-0.39, 0.29) is 5.91 Å². The van der Waals surface area contributed by atoms with Crippen LogP contribution in [0.3, 0.4) is 0 Å². The summed E-state index contributed by atoms with van der Waals surface area (Å²) in [6.45, 7) is 2.13. The first kappa shape index (κ1) is 15.0. The Bertz CT molecular complexity index is 414. The summed E-state index contributed by atoms with van der Waals surface area (Å²) in [5.74, 6) is 0.842. The van der Waals surface area contributed by atoms with Gasteiger partial charge in [-0.15, -0.1) is 0 Å². The van der Waals surface area contributed by atoms with Gasteiger partial charge in [0.05, 0.1) is 6.04 Å². The highest BCUT2D eigenvalue weighted by molar-refractivity contribution is 5.81. The number of rotatable bonds is 8. The third kappa shape index (κ3) is 4.97. The summed E-state index contributed by atoms with van der Waals surface area (Å²) >= 11 is 0. The van der Waals surface area contributed by atoms with Crippen molar-refractivity contribution in [3.8, 4) is 0 Å². The Morgan fingerprint density at radius 3 is 2.65 bits per heavy atom. The van der Waals surface area contributed by atoms with Crippen LogP contribution in [0.25, 0.3) is 0 Å². The SMILES string of the molecule is CCC(CC1CC1)NC(=O)[C@@H](N)CCc1ccccc1. The van der Waals surface area contributed by atoms with Crippen molar-refractivity contribution in [2.45, 2.75) is 57.5 Å². The molecule has 0 spiro atoms. The van der Waals surface area contributed by atoms with Gasteiger partial charge < -0.3 is 11.1 Å². The molecule has 0 aromatic heterocycles. The van der Waals surface area contributed by atoms with Crippen molar-refractivity contribution in [3.05, 3.63) is 35.9 Å². The lowest BCUT2D eigenvalue weighted by molar-refractivity contribution is -0.123. The lowest BCUT2D eigenvalue weighted by Crippen LogP contribution is -2.45. The van der Waals surface area contributed by atoms with Gasteiger partial charge in [-0.05, 0) is 37.2 Å². The second-order valence-corrected chi connectivity index (χ2v) is 5.92. The normalized spacial score (nSPS) is 17.5. The zero-order valence-corrected chi connectivity index (χ0v) is 12.3. The van der Waals surface area contributed by atoms with Crippen molar-refractivity contribution in [3.63, 3.8) is 0 Å². The van der Waals surface area contributed by atoms with Crippen LogP contribution in [0.5, 0.6) is 0 Å². The summed E-state index contributed by atoms with van der Waals surface area (Å²) in [5, 5.41) is 3.11. The summed E-state index contributed by atoms with van der Waals surface area (Å²) in [6, 6.07) is 10.1. The lowest BCUT2D eigenvalue weighted by atomic mass is 10.0. The first-order chi connectivity index (χ1) is 9.69. The Hall–Kier alpha value is -1.35. The number of carbonyl (C=O) groups excluding carboxylic acids is 1. The van der Waals surface area contributed by atoms with E-state index in [4.69, 9.17) is 5.73 Å². The number of amides is 1. The number of carbonyl (C=O) groups is 1. The average Bonchev–Trinajstić information content (AvgIpc) is 3.29. The molecule has 0 saturated heterocycles. The van der Waals surface area contributed by atoms with Crippen LogP contribution in [0, 0.1) is 5.92 Å². The maximum atomic E-state index is 12.1. The van der Waals surface area contributed by atoms with E-state index in [1.165, 1.54) is 18.4 Å². The van der Waals surface area contributed by atoms with Crippen molar-refractivity contribution in [1.82, 2.24) is 5.32 Å². The quantitative estimate of drug-likeness (QED) is 0.765. The van der Waals surface area contributed by atoms with Crippen molar-refractivity contribution in [1.29, 1.82) is 0 Å². The summed E-state index contributed by atoms with van der Waals surface area (Å²) in [4.78, 5) is 12.1. The third-order valence-corrected chi connectivity index (χ3v) is 4.08. The monoisotopic (exact) mass is 274 g/mol. The zero-order chi connectivity index (χ0) is 14.4. The molecule has 1 saturated carbocycles. The fourth-order valence-corrected chi connectivity index (χ4v) is 2.49. The summed E-state index contributed by atoms with van der Waals surface area (Å²) in [6.07, 6.45) is 6.32. The highest BCUT2D eigenvalue weighted by Crippen LogP contribution is 2.34. The van der Waals surface area contributed by atoms with Gasteiger partial charge >= 0.3 is 0 Å². The Morgan fingerprint density at radius 2 is 2.05 bits per heavy atom. The minimum absolute atomic E-state index is 0.00781. The van der Waals surface area contributed by atoms with E-state index in [1.807, 2.05) is 18.2 Å². The van der Waals surface area contributed by atoms with E-state index in [2.05, 4.69) is 24.4 Å². The largest absolute Gasteiger partial charge is 0.352 e. The molecule has 1 amide bonds. The first-order valence-corrected chi connectivity index (χ1v) is 7.79. The Kier molecular flexibility index (Phi) is 5.60. The number of aryl methyl sites for hydroxylation is 1. The molecule has 1 aromatic carbocycles. The molecule has 1 fully saturated rings. The van der Waals surface area contributed by atoms with Crippen molar-refractivity contribution in [2.24, 2.45) is 11.7 Å². The van der Waals surface area contributed by atoms with Crippen LogP contribution in [-0.2, 0) is 11.2 Å². The van der Waals surface area contributed by atoms with Crippen molar-refractivity contribution < 1.29 is 4.79 Å². The number of hydrogen-bond acceptors (Lipinski definition) is 2. The van der Waals surface area contributed by atoms with Crippen LogP contribution >= 0.6 is 0 Å². The van der Waals surface area contributed by atoms with Crippen LogP contribution in [0.4, 0.5) is 0 Å². The number of hydrogen-bond donors (Lipinski definition) is 2. The molecular weight excluding hydrogens is 248 g/mol. The molecule has 1 aromatic rings. The van der Waals surface area contributed by atoms with Gasteiger partial charge in [0.2, 0.25) is 5.91 Å². The smallest absolute Gasteiger partial charge is 0.237 e. The van der Waals surface area contributed by atoms with Gasteiger partial charge in [-0.2, -0.15) is 0 Å². The predicted octanol–water partition coefficient (Wildman–Crippen LogP) is 2.64. The highest BCUT2D eigenvalue weighted by atomic mass is 16.2. The van der Waals surface area contributed by atoms with Crippen molar-refractivity contribution in [2.75, 3.05) is 0 Å². The van der Waals surface area contributed by atoms with Gasteiger partial charge in [0, 0.05) is 6.04 Å².